The number of hydrogen-bond donors (Lipinski definition) is 1. The van der Waals surface area contributed by atoms with Gasteiger partial charge in [0.05, 0.1) is 6.61 Å². The number of alkyl halides is 1. The topological polar surface area (TPSA) is 46.5 Å². The maximum atomic E-state index is 10.9. The first kappa shape index (κ1) is 12.3. The number of halogens is 2. The van der Waals surface area contributed by atoms with E-state index in [0.717, 1.165) is 0 Å². The van der Waals surface area contributed by atoms with E-state index in [1.165, 1.54) is 0 Å². The second-order valence-corrected chi connectivity index (χ2v) is 3.64. The largest absolute Gasteiger partial charge is 0.479 e. The first-order valence-electron chi connectivity index (χ1n) is 4.31. The maximum absolute atomic E-state index is 10.9. The Labute approximate surface area is 97.6 Å². The molecule has 0 saturated heterocycles. The van der Waals surface area contributed by atoms with Gasteiger partial charge in [-0.2, -0.15) is 0 Å². The quantitative estimate of drug-likeness (QED) is 0.816. The zero-order valence-electron chi connectivity index (χ0n) is 7.82. The Hall–Kier alpha value is -0.770. The molecule has 0 fully saturated rings. The summed E-state index contributed by atoms with van der Waals surface area (Å²) in [5.74, 6) is -0.778. The number of carboxylic acids is 1. The van der Waals surface area contributed by atoms with Crippen molar-refractivity contribution in [3.63, 3.8) is 0 Å². The van der Waals surface area contributed by atoms with Crippen LogP contribution in [0.15, 0.2) is 24.3 Å². The Bertz CT molecular complexity index is 324. The molecule has 1 N–H and O–H groups in total. The first-order chi connectivity index (χ1) is 7.15. The van der Waals surface area contributed by atoms with Gasteiger partial charge in [0.15, 0.2) is 6.10 Å². The molecule has 82 valence electrons. The van der Waals surface area contributed by atoms with Gasteiger partial charge in [0.25, 0.3) is 0 Å². The second-order valence-electron chi connectivity index (χ2n) is 2.83. The third-order valence-electron chi connectivity index (χ3n) is 1.76. The molecule has 0 aromatic heterocycles. The van der Waals surface area contributed by atoms with Gasteiger partial charge in [-0.25, -0.2) is 4.79 Å². The molecule has 15 heavy (non-hydrogen) atoms. The van der Waals surface area contributed by atoms with Gasteiger partial charge in [-0.05, 0) is 17.7 Å². The molecule has 3 nitrogen and oxygen atoms in total. The fourth-order valence-electron chi connectivity index (χ4n) is 1.11. The highest BCUT2D eigenvalue weighted by molar-refractivity contribution is 6.30. The Morgan fingerprint density at radius 1 is 1.40 bits per heavy atom. The molecular weight excluding hydrogens is 239 g/mol. The van der Waals surface area contributed by atoms with Crippen LogP contribution in [0.5, 0.6) is 0 Å². The predicted molar refractivity (Wildman–Crippen MR) is 58.5 cm³/mol. The summed E-state index contributed by atoms with van der Waals surface area (Å²) >= 11 is 11.1. The molecule has 1 atom stereocenters. The summed E-state index contributed by atoms with van der Waals surface area (Å²) in [6.45, 7) is 0.196. The highest BCUT2D eigenvalue weighted by Gasteiger charge is 2.19. The molecule has 1 unspecified atom stereocenters. The van der Waals surface area contributed by atoms with Crippen molar-refractivity contribution < 1.29 is 14.6 Å². The molecular formula is C10H10Cl2O3. The van der Waals surface area contributed by atoms with Crippen LogP contribution in [0.2, 0.25) is 5.02 Å². The monoisotopic (exact) mass is 248 g/mol. The summed E-state index contributed by atoms with van der Waals surface area (Å²) in [5, 5.41) is 9.48. The lowest BCUT2D eigenvalue weighted by Crippen LogP contribution is -2.16. The van der Waals surface area contributed by atoms with E-state index >= 15 is 0 Å². The molecule has 1 rings (SSSR count). The summed E-state index contributed by atoms with van der Waals surface area (Å²) in [6.07, 6.45) is -0.985. The molecule has 0 amide bonds. The van der Waals surface area contributed by atoms with Crippen molar-refractivity contribution in [3.8, 4) is 0 Å². The smallest absolute Gasteiger partial charge is 0.337 e. The maximum Gasteiger partial charge on any atom is 0.337 e. The number of rotatable bonds is 5. The molecule has 0 bridgehead atoms. The van der Waals surface area contributed by atoms with Gasteiger partial charge < -0.3 is 9.84 Å². The third-order valence-corrected chi connectivity index (χ3v) is 2.16. The molecule has 0 heterocycles. The standard InChI is InChI=1S/C10H10Cl2O3/c11-5-6-15-9(10(13)14)7-1-3-8(12)4-2-7/h1-4,9H,5-6H2,(H,13,14). The highest BCUT2D eigenvalue weighted by Crippen LogP contribution is 2.20. The Balaban J connectivity index is 2.79. The lowest BCUT2D eigenvalue weighted by molar-refractivity contribution is -0.150. The number of ether oxygens (including phenoxy) is 1. The minimum atomic E-state index is -1.04. The van der Waals surface area contributed by atoms with Crippen LogP contribution in [0.1, 0.15) is 11.7 Å². The van der Waals surface area contributed by atoms with Crippen LogP contribution in [0.25, 0.3) is 0 Å². The Morgan fingerprint density at radius 2 is 2.00 bits per heavy atom. The number of aliphatic carboxylic acids is 1. The molecule has 1 aromatic carbocycles. The first-order valence-corrected chi connectivity index (χ1v) is 5.22. The van der Waals surface area contributed by atoms with E-state index in [4.69, 9.17) is 33.0 Å². The van der Waals surface area contributed by atoms with Crippen LogP contribution in [-0.4, -0.2) is 23.6 Å². The van der Waals surface area contributed by atoms with Crippen LogP contribution in [0, 0.1) is 0 Å². The molecule has 0 aliphatic carbocycles. The molecule has 5 heteroatoms. The Kier molecular flexibility index (Phi) is 4.88. The number of hydrogen-bond acceptors (Lipinski definition) is 2. The van der Waals surface area contributed by atoms with Crippen molar-refractivity contribution >= 4 is 29.2 Å². The van der Waals surface area contributed by atoms with E-state index in [2.05, 4.69) is 0 Å². The SMILES string of the molecule is O=C(O)C(OCCCl)c1ccc(Cl)cc1. The molecule has 0 aliphatic heterocycles. The summed E-state index contributed by atoms with van der Waals surface area (Å²) in [6, 6.07) is 6.48. The third kappa shape index (κ3) is 3.70. The molecule has 0 saturated carbocycles. The average molecular weight is 249 g/mol. The van der Waals surface area contributed by atoms with Gasteiger partial charge in [-0.1, -0.05) is 23.7 Å². The van der Waals surface area contributed by atoms with Crippen LogP contribution in [0.3, 0.4) is 0 Å². The minimum Gasteiger partial charge on any atom is -0.479 e. The predicted octanol–water partition coefficient (Wildman–Crippen LogP) is 2.72. The van der Waals surface area contributed by atoms with Crippen LogP contribution in [0.4, 0.5) is 0 Å². The van der Waals surface area contributed by atoms with Crippen LogP contribution in [-0.2, 0) is 9.53 Å². The molecule has 0 spiro atoms. The fourth-order valence-corrected chi connectivity index (χ4v) is 1.33. The summed E-state index contributed by atoms with van der Waals surface area (Å²) < 4.78 is 5.10. The molecule has 1 aromatic rings. The fraction of sp³-hybridized carbons (Fsp3) is 0.300. The van der Waals surface area contributed by atoms with E-state index in [9.17, 15) is 4.79 Å². The highest BCUT2D eigenvalue weighted by atomic mass is 35.5. The number of carboxylic acid groups (broad SMARTS) is 1. The van der Waals surface area contributed by atoms with Gasteiger partial charge in [0, 0.05) is 10.9 Å². The minimum absolute atomic E-state index is 0.196. The van der Waals surface area contributed by atoms with Crippen molar-refractivity contribution in [1.29, 1.82) is 0 Å². The lowest BCUT2D eigenvalue weighted by atomic mass is 10.1. The number of benzene rings is 1. The van der Waals surface area contributed by atoms with Crippen molar-refractivity contribution in [2.45, 2.75) is 6.10 Å². The second kappa shape index (κ2) is 5.95. The van der Waals surface area contributed by atoms with Crippen molar-refractivity contribution in [3.05, 3.63) is 34.9 Å². The normalized spacial score (nSPS) is 12.4. The van der Waals surface area contributed by atoms with Gasteiger partial charge in [-0.15, -0.1) is 11.6 Å². The van der Waals surface area contributed by atoms with Gasteiger partial charge in [0.1, 0.15) is 0 Å². The zero-order valence-corrected chi connectivity index (χ0v) is 9.33. The van der Waals surface area contributed by atoms with Gasteiger partial charge in [-0.3, -0.25) is 0 Å². The number of carbonyl (C=O) groups is 1. The van der Waals surface area contributed by atoms with Crippen LogP contribution < -0.4 is 0 Å². The van der Waals surface area contributed by atoms with Crippen molar-refractivity contribution in [2.24, 2.45) is 0 Å². The van der Waals surface area contributed by atoms with Crippen molar-refractivity contribution in [2.75, 3.05) is 12.5 Å². The zero-order chi connectivity index (χ0) is 11.3. The summed E-state index contributed by atoms with van der Waals surface area (Å²) in [7, 11) is 0. The van der Waals surface area contributed by atoms with Gasteiger partial charge in [0.2, 0.25) is 0 Å². The van der Waals surface area contributed by atoms with E-state index in [-0.39, 0.29) is 12.5 Å². The molecule has 0 radical (unpaired) electrons. The van der Waals surface area contributed by atoms with Gasteiger partial charge >= 0.3 is 5.97 Å². The summed E-state index contributed by atoms with van der Waals surface area (Å²) in [4.78, 5) is 10.9. The van der Waals surface area contributed by atoms with E-state index in [1.807, 2.05) is 0 Å². The van der Waals surface area contributed by atoms with E-state index in [0.29, 0.717) is 10.6 Å². The average Bonchev–Trinajstić information content (AvgIpc) is 2.21. The Morgan fingerprint density at radius 3 is 2.47 bits per heavy atom. The summed E-state index contributed by atoms with van der Waals surface area (Å²) in [5.41, 5.74) is 0.553. The van der Waals surface area contributed by atoms with E-state index in [1.54, 1.807) is 24.3 Å². The van der Waals surface area contributed by atoms with E-state index < -0.39 is 12.1 Å². The molecule has 0 aliphatic rings. The van der Waals surface area contributed by atoms with Crippen molar-refractivity contribution in [1.82, 2.24) is 0 Å². The lowest BCUT2D eigenvalue weighted by Gasteiger charge is -2.12. The van der Waals surface area contributed by atoms with Crippen LogP contribution >= 0.6 is 23.2 Å².